The molecule has 0 fully saturated rings. The Bertz CT molecular complexity index is 570. The Labute approximate surface area is 143 Å². The third-order valence-electron chi connectivity index (χ3n) is 3.07. The van der Waals surface area contributed by atoms with E-state index in [9.17, 15) is 9.90 Å². The van der Waals surface area contributed by atoms with Crippen LogP contribution in [0.2, 0.25) is 0 Å². The van der Waals surface area contributed by atoms with Crippen LogP contribution >= 0.6 is 0 Å². The van der Waals surface area contributed by atoms with E-state index in [1.54, 1.807) is 6.08 Å². The van der Waals surface area contributed by atoms with E-state index in [1.165, 1.54) is 0 Å². The van der Waals surface area contributed by atoms with Crippen molar-refractivity contribution in [3.8, 4) is 0 Å². The summed E-state index contributed by atoms with van der Waals surface area (Å²) in [6.45, 7) is 11.5. The molecule has 6 heteroatoms. The molecule has 0 spiro atoms. The predicted molar refractivity (Wildman–Crippen MR) is 94.3 cm³/mol. The van der Waals surface area contributed by atoms with Crippen LogP contribution in [0.25, 0.3) is 12.2 Å². The number of ether oxygens (including phenoxy) is 1. The number of oxazole rings is 1. The molecule has 0 bridgehead atoms. The molecule has 1 aromatic heterocycles. The van der Waals surface area contributed by atoms with Crippen molar-refractivity contribution in [1.29, 1.82) is 0 Å². The minimum atomic E-state index is -0.774. The fraction of sp³-hybridized carbons (Fsp3) is 0.556. The maximum atomic E-state index is 11.5. The van der Waals surface area contributed by atoms with E-state index in [1.807, 2.05) is 39.8 Å². The van der Waals surface area contributed by atoms with Crippen molar-refractivity contribution in [2.24, 2.45) is 0 Å². The smallest absolute Gasteiger partial charge is 0.407 e. The molecule has 1 rings (SSSR count). The third-order valence-corrected chi connectivity index (χ3v) is 3.07. The number of rotatable bonds is 8. The molecule has 0 aromatic carbocycles. The zero-order chi connectivity index (χ0) is 18.2. The summed E-state index contributed by atoms with van der Waals surface area (Å²) in [4.78, 5) is 15.8. The fourth-order valence-corrected chi connectivity index (χ4v) is 2.02. The van der Waals surface area contributed by atoms with Gasteiger partial charge in [-0.2, -0.15) is 0 Å². The van der Waals surface area contributed by atoms with E-state index in [4.69, 9.17) is 9.15 Å². The van der Waals surface area contributed by atoms with Gasteiger partial charge in [0.15, 0.2) is 5.76 Å². The highest BCUT2D eigenvalue weighted by molar-refractivity contribution is 5.67. The molecule has 0 saturated carbocycles. The highest BCUT2D eigenvalue weighted by atomic mass is 16.6. The third kappa shape index (κ3) is 7.00. The van der Waals surface area contributed by atoms with Crippen LogP contribution in [0.1, 0.15) is 70.4 Å². The molecule has 0 aliphatic heterocycles. The van der Waals surface area contributed by atoms with Crippen molar-refractivity contribution >= 4 is 18.2 Å². The summed E-state index contributed by atoms with van der Waals surface area (Å²) in [5.41, 5.74) is 0.159. The van der Waals surface area contributed by atoms with Crippen molar-refractivity contribution in [1.82, 2.24) is 10.3 Å². The molecule has 0 aliphatic rings. The molecule has 134 valence electrons. The lowest BCUT2D eigenvalue weighted by Gasteiger charge is -2.19. The molecule has 0 saturated heterocycles. The van der Waals surface area contributed by atoms with Crippen molar-refractivity contribution in [3.63, 3.8) is 0 Å². The Kier molecular flexibility index (Phi) is 7.71. The van der Waals surface area contributed by atoms with Gasteiger partial charge in [0.05, 0.1) is 0 Å². The number of hydrogen-bond donors (Lipinski definition) is 2. The molecule has 0 aliphatic carbocycles. The molecule has 1 amide bonds. The lowest BCUT2D eigenvalue weighted by Crippen LogP contribution is -2.33. The van der Waals surface area contributed by atoms with Gasteiger partial charge in [-0.3, -0.25) is 0 Å². The molecular weight excluding hydrogens is 308 g/mol. The Morgan fingerprint density at radius 3 is 2.75 bits per heavy atom. The van der Waals surface area contributed by atoms with Crippen LogP contribution in [0.3, 0.4) is 0 Å². The zero-order valence-electron chi connectivity index (χ0n) is 15.0. The van der Waals surface area contributed by atoms with E-state index in [0.717, 1.165) is 12.8 Å². The number of carbonyl (C=O) groups is 1. The number of amides is 1. The second kappa shape index (κ2) is 9.27. The van der Waals surface area contributed by atoms with Crippen LogP contribution in [-0.2, 0) is 4.74 Å². The minimum absolute atomic E-state index is 0.290. The quantitative estimate of drug-likeness (QED) is 0.699. The first-order valence-corrected chi connectivity index (χ1v) is 8.17. The topological polar surface area (TPSA) is 84.6 Å². The molecule has 1 heterocycles. The normalized spacial score (nSPS) is 13.0. The van der Waals surface area contributed by atoms with Gasteiger partial charge in [0.1, 0.15) is 17.4 Å². The predicted octanol–water partition coefficient (Wildman–Crippen LogP) is 4.08. The summed E-state index contributed by atoms with van der Waals surface area (Å²) < 4.78 is 10.7. The molecule has 0 radical (unpaired) electrons. The summed E-state index contributed by atoms with van der Waals surface area (Å²) in [5.74, 6) is 0.840. The highest BCUT2D eigenvalue weighted by Crippen LogP contribution is 2.23. The van der Waals surface area contributed by atoms with Gasteiger partial charge in [0, 0.05) is 6.54 Å². The van der Waals surface area contributed by atoms with Gasteiger partial charge in [0.2, 0.25) is 5.89 Å². The molecule has 1 atom stereocenters. The first kappa shape index (κ1) is 20.0. The molecule has 2 N–H and O–H groups in total. The fourth-order valence-electron chi connectivity index (χ4n) is 2.02. The Morgan fingerprint density at radius 2 is 2.17 bits per heavy atom. The number of hydrogen-bond acceptors (Lipinski definition) is 5. The van der Waals surface area contributed by atoms with Crippen LogP contribution in [0, 0.1) is 0 Å². The van der Waals surface area contributed by atoms with Crippen molar-refractivity contribution in [2.75, 3.05) is 6.54 Å². The van der Waals surface area contributed by atoms with Crippen LogP contribution in [0.15, 0.2) is 17.1 Å². The van der Waals surface area contributed by atoms with Crippen molar-refractivity contribution in [3.05, 3.63) is 30.0 Å². The van der Waals surface area contributed by atoms with Crippen LogP contribution in [0.5, 0.6) is 0 Å². The number of unbranched alkanes of at least 4 members (excludes halogenated alkanes) is 1. The first-order valence-electron chi connectivity index (χ1n) is 8.17. The van der Waals surface area contributed by atoms with Crippen molar-refractivity contribution < 1.29 is 19.1 Å². The van der Waals surface area contributed by atoms with Crippen LogP contribution in [-0.4, -0.2) is 28.3 Å². The summed E-state index contributed by atoms with van der Waals surface area (Å²) in [6.07, 6.45) is 5.98. The molecule has 1 aromatic rings. The first-order chi connectivity index (χ1) is 11.3. The lowest BCUT2D eigenvalue weighted by atomic mass is 10.1. The zero-order valence-corrected chi connectivity index (χ0v) is 15.0. The van der Waals surface area contributed by atoms with Gasteiger partial charge in [0.25, 0.3) is 0 Å². The number of nitrogens with zero attached hydrogens (tertiary/aromatic N) is 1. The number of allylic oxidation sites excluding steroid dienone is 1. The minimum Gasteiger partial charge on any atom is -0.444 e. The largest absolute Gasteiger partial charge is 0.444 e. The van der Waals surface area contributed by atoms with Gasteiger partial charge < -0.3 is 19.6 Å². The Balaban J connectivity index is 2.35. The van der Waals surface area contributed by atoms with E-state index in [-0.39, 0.29) is 5.89 Å². The van der Waals surface area contributed by atoms with Gasteiger partial charge >= 0.3 is 6.09 Å². The van der Waals surface area contributed by atoms with Crippen LogP contribution in [0.4, 0.5) is 4.79 Å². The van der Waals surface area contributed by atoms with E-state index >= 15 is 0 Å². The van der Waals surface area contributed by atoms with E-state index in [0.29, 0.717) is 24.4 Å². The molecule has 6 nitrogen and oxygen atoms in total. The molecule has 24 heavy (non-hydrogen) atoms. The standard InChI is InChI=1S/C18H28N2O4/c1-6-10-13-15(7-2)23-16(20-13)14(21)11-8-9-12-19-17(22)24-18(3,4)5/h6-7,10,14,21H,2,8-9,11-12H2,1,3-5H3,(H,19,22)/b10-6-. The lowest BCUT2D eigenvalue weighted by molar-refractivity contribution is 0.0526. The summed E-state index contributed by atoms with van der Waals surface area (Å²) in [6, 6.07) is 0. The van der Waals surface area contributed by atoms with Gasteiger partial charge in [-0.15, -0.1) is 0 Å². The highest BCUT2D eigenvalue weighted by Gasteiger charge is 2.17. The maximum Gasteiger partial charge on any atom is 0.407 e. The number of aromatic nitrogens is 1. The van der Waals surface area contributed by atoms with Gasteiger partial charge in [-0.1, -0.05) is 12.7 Å². The number of aliphatic hydroxyl groups is 1. The summed E-state index contributed by atoms with van der Waals surface area (Å²) >= 11 is 0. The number of alkyl carbamates (subject to hydrolysis) is 1. The monoisotopic (exact) mass is 336 g/mol. The van der Waals surface area contributed by atoms with Gasteiger partial charge in [-0.05, 0) is 59.1 Å². The summed E-state index contributed by atoms with van der Waals surface area (Å²) in [5, 5.41) is 12.8. The number of carbonyl (C=O) groups excluding carboxylic acids is 1. The Hall–Kier alpha value is -2.08. The molecular formula is C18H28N2O4. The number of nitrogens with one attached hydrogen (secondary N) is 1. The Morgan fingerprint density at radius 1 is 1.46 bits per heavy atom. The maximum absolute atomic E-state index is 11.5. The SMILES string of the molecule is C=Cc1oc(C(O)CCCCNC(=O)OC(C)(C)C)nc1/C=C\C. The second-order valence-corrected chi connectivity index (χ2v) is 6.45. The average molecular weight is 336 g/mol. The van der Waals surface area contributed by atoms with E-state index < -0.39 is 17.8 Å². The van der Waals surface area contributed by atoms with Crippen molar-refractivity contribution in [2.45, 2.75) is 58.7 Å². The van der Waals surface area contributed by atoms with E-state index in [2.05, 4.69) is 16.9 Å². The summed E-state index contributed by atoms with van der Waals surface area (Å²) in [7, 11) is 0. The second-order valence-electron chi connectivity index (χ2n) is 6.45. The number of aliphatic hydroxyl groups excluding tert-OH is 1. The average Bonchev–Trinajstić information content (AvgIpc) is 2.88. The van der Waals surface area contributed by atoms with Gasteiger partial charge in [-0.25, -0.2) is 9.78 Å². The molecule has 1 unspecified atom stereocenters. The van der Waals surface area contributed by atoms with Crippen LogP contribution < -0.4 is 5.32 Å².